The van der Waals surface area contributed by atoms with Crippen molar-refractivity contribution in [1.82, 2.24) is 10.6 Å². The first-order chi connectivity index (χ1) is 12.9. The molecule has 13 nitrogen and oxygen atoms in total. The minimum Gasteiger partial charge on any atom is -0.481 e. The first kappa shape index (κ1) is 24.8. The maximum Gasteiger partial charge on any atom is 0.326 e. The van der Waals surface area contributed by atoms with Gasteiger partial charge < -0.3 is 38.0 Å². The van der Waals surface area contributed by atoms with Crippen LogP contribution in [0.2, 0.25) is 0 Å². The van der Waals surface area contributed by atoms with Gasteiger partial charge in [-0.1, -0.05) is 0 Å². The summed E-state index contributed by atoms with van der Waals surface area (Å²) >= 11 is 0. The lowest BCUT2D eigenvalue weighted by atomic mass is 10.1. The van der Waals surface area contributed by atoms with Crippen molar-refractivity contribution in [1.29, 1.82) is 0 Å². The van der Waals surface area contributed by atoms with Crippen LogP contribution in [0.3, 0.4) is 0 Å². The van der Waals surface area contributed by atoms with Gasteiger partial charge in [0, 0.05) is 19.3 Å². The minimum atomic E-state index is -1.45. The molecule has 0 aliphatic heterocycles. The van der Waals surface area contributed by atoms with E-state index in [0.717, 1.165) is 0 Å². The number of aliphatic carboxylic acids is 2. The molecule has 158 valence electrons. The summed E-state index contributed by atoms with van der Waals surface area (Å²) in [5.74, 6) is -5.89. The highest BCUT2D eigenvalue weighted by Crippen LogP contribution is 2.04. The zero-order chi connectivity index (χ0) is 21.9. The Hall–Kier alpha value is -3.22. The maximum atomic E-state index is 12.3. The van der Waals surface area contributed by atoms with E-state index in [9.17, 15) is 28.8 Å². The molecule has 0 aliphatic carbocycles. The molecule has 3 unspecified atom stereocenters. The molecule has 0 heterocycles. The number of carboxylic acid groups (broad SMARTS) is 2. The van der Waals surface area contributed by atoms with Crippen molar-refractivity contribution < 1.29 is 39.0 Å². The fourth-order valence-corrected chi connectivity index (χ4v) is 2.06. The number of hydrogen-bond donors (Lipinski definition) is 7. The van der Waals surface area contributed by atoms with Crippen molar-refractivity contribution >= 4 is 35.6 Å². The van der Waals surface area contributed by atoms with Crippen LogP contribution in [0.5, 0.6) is 0 Å². The predicted octanol–water partition coefficient (Wildman–Crippen LogP) is -3.24. The molecule has 0 aliphatic rings. The predicted molar refractivity (Wildman–Crippen MR) is 93.2 cm³/mol. The van der Waals surface area contributed by atoms with E-state index in [1.807, 2.05) is 0 Å². The fraction of sp³-hybridized carbons (Fsp3) is 0.600. The van der Waals surface area contributed by atoms with Crippen LogP contribution in [-0.4, -0.2) is 63.9 Å². The highest BCUT2D eigenvalue weighted by Gasteiger charge is 2.28. The summed E-state index contributed by atoms with van der Waals surface area (Å²) in [4.78, 5) is 67.9. The number of rotatable bonds is 14. The number of primary amides is 2. The lowest BCUT2D eigenvalue weighted by molar-refractivity contribution is -0.142. The molecule has 0 aromatic heterocycles. The van der Waals surface area contributed by atoms with Crippen LogP contribution in [-0.2, 0) is 28.8 Å². The van der Waals surface area contributed by atoms with Gasteiger partial charge in [0.05, 0.1) is 6.04 Å². The second kappa shape index (κ2) is 12.2. The topological polar surface area (TPSA) is 245 Å². The molecule has 0 radical (unpaired) electrons. The summed E-state index contributed by atoms with van der Waals surface area (Å²) in [6.45, 7) is 0. The van der Waals surface area contributed by atoms with E-state index in [4.69, 9.17) is 27.4 Å². The number of nitrogens with one attached hydrogen (secondary N) is 2. The summed E-state index contributed by atoms with van der Waals surface area (Å²) < 4.78 is 0. The molecule has 0 aromatic rings. The van der Waals surface area contributed by atoms with Crippen molar-refractivity contribution in [3.05, 3.63) is 0 Å². The van der Waals surface area contributed by atoms with Crippen molar-refractivity contribution in [3.63, 3.8) is 0 Å². The van der Waals surface area contributed by atoms with Gasteiger partial charge in [-0.25, -0.2) is 4.79 Å². The van der Waals surface area contributed by atoms with Gasteiger partial charge in [-0.2, -0.15) is 0 Å². The van der Waals surface area contributed by atoms with Crippen LogP contribution < -0.4 is 27.8 Å². The monoisotopic (exact) mass is 403 g/mol. The molecule has 10 N–H and O–H groups in total. The Balaban J connectivity index is 5.08. The number of carbonyl (C=O) groups excluding carboxylic acids is 4. The maximum absolute atomic E-state index is 12.3. The number of carboxylic acids is 2. The number of carbonyl (C=O) groups is 6. The zero-order valence-electron chi connectivity index (χ0n) is 15.1. The van der Waals surface area contributed by atoms with E-state index in [2.05, 4.69) is 10.6 Å². The van der Waals surface area contributed by atoms with Gasteiger partial charge >= 0.3 is 11.9 Å². The Kier molecular flexibility index (Phi) is 10.8. The lowest BCUT2D eigenvalue weighted by Gasteiger charge is -2.22. The number of nitrogens with two attached hydrogens (primary N) is 3. The van der Waals surface area contributed by atoms with Gasteiger partial charge in [0.1, 0.15) is 12.1 Å². The largest absolute Gasteiger partial charge is 0.481 e. The molecule has 0 spiro atoms. The van der Waals surface area contributed by atoms with Crippen LogP contribution in [0.25, 0.3) is 0 Å². The van der Waals surface area contributed by atoms with Gasteiger partial charge in [-0.05, 0) is 19.3 Å². The van der Waals surface area contributed by atoms with Crippen molar-refractivity contribution in [2.24, 2.45) is 17.2 Å². The molecular weight excluding hydrogens is 378 g/mol. The third kappa shape index (κ3) is 10.7. The second-order valence-corrected chi connectivity index (χ2v) is 6.01. The molecule has 0 bridgehead atoms. The molecule has 4 amide bonds. The van der Waals surface area contributed by atoms with E-state index < -0.39 is 53.7 Å². The molecule has 0 fully saturated rings. The highest BCUT2D eigenvalue weighted by molar-refractivity contribution is 5.92. The van der Waals surface area contributed by atoms with Crippen molar-refractivity contribution in [2.75, 3.05) is 0 Å². The lowest BCUT2D eigenvalue weighted by Crippen LogP contribution is -2.54. The summed E-state index contributed by atoms with van der Waals surface area (Å²) in [5, 5.41) is 22.1. The van der Waals surface area contributed by atoms with Gasteiger partial charge in [0.25, 0.3) is 0 Å². The van der Waals surface area contributed by atoms with Crippen LogP contribution in [0.4, 0.5) is 0 Å². The van der Waals surface area contributed by atoms with Gasteiger partial charge in [-0.15, -0.1) is 0 Å². The third-order valence-electron chi connectivity index (χ3n) is 3.61. The molecule has 0 saturated heterocycles. The van der Waals surface area contributed by atoms with E-state index in [1.54, 1.807) is 0 Å². The van der Waals surface area contributed by atoms with Gasteiger partial charge in [0.15, 0.2) is 0 Å². The molecule has 0 saturated carbocycles. The average Bonchev–Trinajstić information content (AvgIpc) is 2.58. The first-order valence-corrected chi connectivity index (χ1v) is 8.31. The molecule has 13 heteroatoms. The highest BCUT2D eigenvalue weighted by atomic mass is 16.4. The SMILES string of the molecule is NC(=O)CCC(NC(=O)C(CCC(N)=O)NC(=O)C(N)CCC(=O)O)C(=O)O. The Bertz CT molecular complexity index is 624. The van der Waals surface area contributed by atoms with E-state index in [1.165, 1.54) is 0 Å². The smallest absolute Gasteiger partial charge is 0.326 e. The number of hydrogen-bond acceptors (Lipinski definition) is 7. The Morgan fingerprint density at radius 2 is 1.18 bits per heavy atom. The molecule has 28 heavy (non-hydrogen) atoms. The molecule has 3 atom stereocenters. The molecule has 0 aromatic carbocycles. The van der Waals surface area contributed by atoms with Crippen LogP contribution in [0.1, 0.15) is 38.5 Å². The normalized spacial score (nSPS) is 13.6. The Labute approximate surface area is 160 Å². The van der Waals surface area contributed by atoms with Crippen molar-refractivity contribution in [2.45, 2.75) is 56.7 Å². The standard InChI is InChI=1S/C15H25N5O8/c16-7(1-6-12(23)24)13(25)19-8(2-4-10(17)21)14(26)20-9(15(27)28)3-5-11(18)22/h7-9H,1-6,16H2,(H2,17,21)(H2,18,22)(H,19,25)(H,20,26)(H,23,24)(H,27,28). The summed E-state index contributed by atoms with van der Waals surface area (Å²) in [7, 11) is 0. The average molecular weight is 403 g/mol. The van der Waals surface area contributed by atoms with Gasteiger partial charge in [-0.3, -0.25) is 24.0 Å². The number of amides is 4. The summed E-state index contributed by atoms with van der Waals surface area (Å²) in [6.07, 6.45) is -1.66. The van der Waals surface area contributed by atoms with Crippen LogP contribution >= 0.6 is 0 Å². The van der Waals surface area contributed by atoms with Crippen LogP contribution in [0, 0.1) is 0 Å². The Morgan fingerprint density at radius 3 is 1.61 bits per heavy atom. The third-order valence-corrected chi connectivity index (χ3v) is 3.61. The second-order valence-electron chi connectivity index (χ2n) is 6.01. The van der Waals surface area contributed by atoms with Crippen molar-refractivity contribution in [3.8, 4) is 0 Å². The Morgan fingerprint density at radius 1 is 0.714 bits per heavy atom. The minimum absolute atomic E-state index is 0.193. The molecular formula is C15H25N5O8. The summed E-state index contributed by atoms with van der Waals surface area (Å²) in [6, 6.07) is -4.02. The first-order valence-electron chi connectivity index (χ1n) is 8.31. The van der Waals surface area contributed by atoms with E-state index in [-0.39, 0.29) is 38.5 Å². The molecule has 0 rings (SSSR count). The zero-order valence-corrected chi connectivity index (χ0v) is 15.1. The van der Waals surface area contributed by atoms with Gasteiger partial charge in [0.2, 0.25) is 23.6 Å². The van der Waals surface area contributed by atoms with Crippen LogP contribution in [0.15, 0.2) is 0 Å². The quantitative estimate of drug-likeness (QED) is 0.154. The summed E-state index contributed by atoms with van der Waals surface area (Å²) in [5.41, 5.74) is 15.5. The van der Waals surface area contributed by atoms with E-state index in [0.29, 0.717) is 0 Å². The van der Waals surface area contributed by atoms with E-state index >= 15 is 0 Å². The fourth-order valence-electron chi connectivity index (χ4n) is 2.06.